The third kappa shape index (κ3) is 2.93. The number of rotatable bonds is 2. The molecule has 0 spiro atoms. The van der Waals surface area contributed by atoms with Crippen LogP contribution in [-0.2, 0) is 0 Å². The number of carbonyl (C=O) groups excluding carboxylic acids is 1. The first kappa shape index (κ1) is 12.4. The molecule has 0 aromatic heterocycles. The lowest BCUT2D eigenvalue weighted by molar-refractivity contribution is 0.0920. The fourth-order valence-electron chi connectivity index (χ4n) is 1.27. The van der Waals surface area contributed by atoms with Crippen LogP contribution in [0.4, 0.5) is 10.1 Å². The van der Waals surface area contributed by atoms with Gasteiger partial charge in [-0.15, -0.1) is 0 Å². The summed E-state index contributed by atoms with van der Waals surface area (Å²) in [5.74, 6) is 4.27. The van der Waals surface area contributed by atoms with E-state index in [9.17, 15) is 9.18 Å². The Hall–Kier alpha value is -1.62. The van der Waals surface area contributed by atoms with Crippen LogP contribution < -0.4 is 16.6 Å². The summed E-state index contributed by atoms with van der Waals surface area (Å²) in [6.07, 6.45) is 0. The molecule has 88 valence electrons. The maximum atomic E-state index is 13.3. The first-order valence-electron chi connectivity index (χ1n) is 4.93. The number of nitrogens with one attached hydrogen (secondary N) is 2. The molecule has 0 aliphatic carbocycles. The molecule has 0 fully saturated rings. The lowest BCUT2D eigenvalue weighted by Crippen LogP contribution is -2.41. The number of anilines is 1. The van der Waals surface area contributed by atoms with E-state index in [-0.39, 0.29) is 22.7 Å². The van der Waals surface area contributed by atoms with Crippen LogP contribution in [0.2, 0.25) is 0 Å². The van der Waals surface area contributed by atoms with Gasteiger partial charge in [0.05, 0.1) is 11.3 Å². The van der Waals surface area contributed by atoms with Gasteiger partial charge in [0, 0.05) is 5.54 Å². The molecule has 0 unspecified atom stereocenters. The summed E-state index contributed by atoms with van der Waals surface area (Å²) in [6.45, 7) is 5.54. The van der Waals surface area contributed by atoms with Crippen LogP contribution >= 0.6 is 0 Å². The van der Waals surface area contributed by atoms with E-state index >= 15 is 0 Å². The van der Waals surface area contributed by atoms with Gasteiger partial charge >= 0.3 is 0 Å². The highest BCUT2D eigenvalue weighted by Gasteiger charge is 2.19. The highest BCUT2D eigenvalue weighted by molar-refractivity contribution is 6.00. The minimum absolute atomic E-state index is 0.00394. The summed E-state index contributed by atoms with van der Waals surface area (Å²) >= 11 is 0. The standard InChI is InChI=1S/C11H16FN3O/c1-11(2,3)14-10(16)7-5-4-6-8(12)9(7)15-13/h4-6,15H,13H2,1-3H3,(H,14,16). The number of halogens is 1. The third-order valence-electron chi connectivity index (χ3n) is 1.89. The number of nitrogens with two attached hydrogens (primary N) is 1. The highest BCUT2D eigenvalue weighted by atomic mass is 19.1. The molecule has 1 aromatic rings. The molecule has 4 N–H and O–H groups in total. The molecule has 0 aliphatic heterocycles. The van der Waals surface area contributed by atoms with Crippen LogP contribution in [0.1, 0.15) is 31.1 Å². The maximum absolute atomic E-state index is 13.3. The molecule has 0 heterocycles. The molecule has 0 bridgehead atoms. The topological polar surface area (TPSA) is 67.2 Å². The van der Waals surface area contributed by atoms with E-state index in [4.69, 9.17) is 5.84 Å². The van der Waals surface area contributed by atoms with Crippen molar-refractivity contribution in [2.75, 3.05) is 5.43 Å². The zero-order valence-corrected chi connectivity index (χ0v) is 9.60. The van der Waals surface area contributed by atoms with Crippen LogP contribution in [0.5, 0.6) is 0 Å². The molecular weight excluding hydrogens is 209 g/mol. The smallest absolute Gasteiger partial charge is 0.253 e. The van der Waals surface area contributed by atoms with Crippen molar-refractivity contribution in [1.29, 1.82) is 0 Å². The molecule has 1 aromatic carbocycles. The number of nitrogen functional groups attached to an aromatic ring is 1. The molecule has 0 aliphatic rings. The maximum Gasteiger partial charge on any atom is 0.253 e. The largest absolute Gasteiger partial charge is 0.347 e. The van der Waals surface area contributed by atoms with Crippen molar-refractivity contribution >= 4 is 11.6 Å². The van der Waals surface area contributed by atoms with Crippen LogP contribution in [0, 0.1) is 5.82 Å². The number of hydrogen-bond donors (Lipinski definition) is 3. The molecule has 5 heteroatoms. The number of hydrazine groups is 1. The second kappa shape index (κ2) is 4.49. The average Bonchev–Trinajstić information content (AvgIpc) is 2.14. The van der Waals surface area contributed by atoms with Crippen molar-refractivity contribution in [2.24, 2.45) is 5.84 Å². The molecule has 0 saturated carbocycles. The van der Waals surface area contributed by atoms with Crippen LogP contribution in [0.3, 0.4) is 0 Å². The van der Waals surface area contributed by atoms with Crippen molar-refractivity contribution in [3.8, 4) is 0 Å². The summed E-state index contributed by atoms with van der Waals surface area (Å²) in [5.41, 5.74) is 2.01. The Morgan fingerprint density at radius 3 is 2.50 bits per heavy atom. The summed E-state index contributed by atoms with van der Waals surface area (Å²) in [7, 11) is 0. The van der Waals surface area contributed by atoms with Gasteiger partial charge in [-0.1, -0.05) is 6.07 Å². The van der Waals surface area contributed by atoms with Crippen molar-refractivity contribution in [3.05, 3.63) is 29.6 Å². The fraction of sp³-hybridized carbons (Fsp3) is 0.364. The third-order valence-corrected chi connectivity index (χ3v) is 1.89. The Morgan fingerprint density at radius 2 is 2.00 bits per heavy atom. The van der Waals surface area contributed by atoms with Gasteiger partial charge in [0.25, 0.3) is 5.91 Å². The predicted molar refractivity (Wildman–Crippen MR) is 61.4 cm³/mol. The van der Waals surface area contributed by atoms with Crippen molar-refractivity contribution in [2.45, 2.75) is 26.3 Å². The first-order valence-corrected chi connectivity index (χ1v) is 4.93. The summed E-state index contributed by atoms with van der Waals surface area (Å²) in [6, 6.07) is 4.22. The summed E-state index contributed by atoms with van der Waals surface area (Å²) < 4.78 is 13.3. The molecule has 0 atom stereocenters. The average molecular weight is 225 g/mol. The molecule has 16 heavy (non-hydrogen) atoms. The Morgan fingerprint density at radius 1 is 1.38 bits per heavy atom. The van der Waals surface area contributed by atoms with E-state index in [1.807, 2.05) is 20.8 Å². The van der Waals surface area contributed by atoms with Gasteiger partial charge in [0.2, 0.25) is 0 Å². The van der Waals surface area contributed by atoms with Gasteiger partial charge in [-0.3, -0.25) is 10.6 Å². The minimum atomic E-state index is -0.552. The Bertz CT molecular complexity index is 399. The van der Waals surface area contributed by atoms with Gasteiger partial charge < -0.3 is 10.7 Å². The second-order valence-electron chi connectivity index (χ2n) is 4.51. The van der Waals surface area contributed by atoms with Gasteiger partial charge in [-0.25, -0.2) is 4.39 Å². The lowest BCUT2D eigenvalue weighted by Gasteiger charge is -2.21. The zero-order chi connectivity index (χ0) is 12.3. The van der Waals surface area contributed by atoms with E-state index < -0.39 is 5.82 Å². The second-order valence-corrected chi connectivity index (χ2v) is 4.51. The van der Waals surface area contributed by atoms with E-state index in [2.05, 4.69) is 10.7 Å². The first-order chi connectivity index (χ1) is 7.35. The normalized spacial score (nSPS) is 11.1. The van der Waals surface area contributed by atoms with E-state index in [1.54, 1.807) is 0 Å². The molecule has 4 nitrogen and oxygen atoms in total. The van der Waals surface area contributed by atoms with Crippen LogP contribution in [-0.4, -0.2) is 11.4 Å². The van der Waals surface area contributed by atoms with Gasteiger partial charge in [-0.2, -0.15) is 0 Å². The lowest BCUT2D eigenvalue weighted by atomic mass is 10.1. The molecule has 1 amide bonds. The zero-order valence-electron chi connectivity index (χ0n) is 9.60. The fourth-order valence-corrected chi connectivity index (χ4v) is 1.27. The minimum Gasteiger partial charge on any atom is -0.347 e. The summed E-state index contributed by atoms with van der Waals surface area (Å²) in [5, 5.41) is 2.74. The van der Waals surface area contributed by atoms with Crippen LogP contribution in [0.15, 0.2) is 18.2 Å². The molecule has 0 radical (unpaired) electrons. The van der Waals surface area contributed by atoms with Gasteiger partial charge in [0.15, 0.2) is 0 Å². The van der Waals surface area contributed by atoms with E-state index in [0.717, 1.165) is 0 Å². The number of hydrogen-bond acceptors (Lipinski definition) is 3. The summed E-state index contributed by atoms with van der Waals surface area (Å²) in [4.78, 5) is 11.8. The number of para-hydroxylation sites is 1. The Kier molecular flexibility index (Phi) is 3.49. The van der Waals surface area contributed by atoms with Crippen molar-refractivity contribution < 1.29 is 9.18 Å². The van der Waals surface area contributed by atoms with Gasteiger partial charge in [-0.05, 0) is 32.9 Å². The molecular formula is C11H16FN3O. The molecule has 1 rings (SSSR count). The molecule has 0 saturated heterocycles. The Balaban J connectivity index is 3.04. The Labute approximate surface area is 94.0 Å². The monoisotopic (exact) mass is 225 g/mol. The number of carbonyl (C=O) groups is 1. The van der Waals surface area contributed by atoms with E-state index in [1.165, 1.54) is 18.2 Å². The van der Waals surface area contributed by atoms with Crippen molar-refractivity contribution in [3.63, 3.8) is 0 Å². The SMILES string of the molecule is CC(C)(C)NC(=O)c1cccc(F)c1NN. The number of amides is 1. The predicted octanol–water partition coefficient (Wildman–Crippen LogP) is 1.64. The van der Waals surface area contributed by atoms with Crippen molar-refractivity contribution in [1.82, 2.24) is 5.32 Å². The van der Waals surface area contributed by atoms with Crippen LogP contribution in [0.25, 0.3) is 0 Å². The number of benzene rings is 1. The highest BCUT2D eigenvalue weighted by Crippen LogP contribution is 2.19. The van der Waals surface area contributed by atoms with Gasteiger partial charge in [0.1, 0.15) is 5.82 Å². The quantitative estimate of drug-likeness (QED) is 0.529. The van der Waals surface area contributed by atoms with E-state index in [0.29, 0.717) is 0 Å².